The number of benzene rings is 1. The first-order valence-corrected chi connectivity index (χ1v) is 6.36. The summed E-state index contributed by atoms with van der Waals surface area (Å²) in [5.74, 6) is 0.440. The van der Waals surface area contributed by atoms with Gasteiger partial charge in [-0.25, -0.2) is 9.48 Å². The number of hydrogen-bond donors (Lipinski definition) is 0. The van der Waals surface area contributed by atoms with Crippen molar-refractivity contribution in [2.45, 2.75) is 25.9 Å². The van der Waals surface area contributed by atoms with Crippen molar-refractivity contribution in [3.8, 4) is 0 Å². The van der Waals surface area contributed by atoms with Gasteiger partial charge in [0.25, 0.3) is 0 Å². The molecule has 0 radical (unpaired) electrons. The predicted molar refractivity (Wildman–Crippen MR) is 66.7 cm³/mol. The summed E-state index contributed by atoms with van der Waals surface area (Å²) in [7, 11) is 0. The van der Waals surface area contributed by atoms with Gasteiger partial charge in [-0.3, -0.25) is 4.57 Å². The Kier molecular flexibility index (Phi) is 3.32. The summed E-state index contributed by atoms with van der Waals surface area (Å²) >= 11 is 0. The van der Waals surface area contributed by atoms with E-state index in [-0.39, 0.29) is 18.7 Å². The van der Waals surface area contributed by atoms with Gasteiger partial charge in [-0.05, 0) is 11.6 Å². The van der Waals surface area contributed by atoms with Gasteiger partial charge >= 0.3 is 11.9 Å². The molecule has 3 rings (SSSR count). The molecular weight excluding hydrogens is 287 g/mol. The fourth-order valence-electron chi connectivity index (χ4n) is 2.34. The van der Waals surface area contributed by atoms with E-state index in [1.807, 2.05) is 0 Å². The number of alkyl halides is 3. The smallest absolute Gasteiger partial charge is 0.372 e. The first kappa shape index (κ1) is 13.9. The lowest BCUT2D eigenvalue weighted by atomic mass is 10.1. The molecule has 0 N–H and O–H groups in total. The molecule has 0 saturated heterocycles. The zero-order valence-electron chi connectivity index (χ0n) is 10.9. The average Bonchev–Trinajstić information content (AvgIpc) is 2.76. The minimum atomic E-state index is -4.46. The van der Waals surface area contributed by atoms with Crippen molar-refractivity contribution in [2.24, 2.45) is 0 Å². The lowest BCUT2D eigenvalue weighted by Gasteiger charge is -2.11. The molecule has 0 atom stereocenters. The fraction of sp³-hybridized carbons (Fsp3) is 0.385. The van der Waals surface area contributed by atoms with Crippen molar-refractivity contribution in [1.82, 2.24) is 14.3 Å². The van der Waals surface area contributed by atoms with E-state index >= 15 is 0 Å². The Morgan fingerprint density at radius 2 is 2.05 bits per heavy atom. The number of halogens is 3. The molecule has 0 aliphatic carbocycles. The maximum atomic E-state index is 12.9. The molecule has 1 aliphatic heterocycles. The van der Waals surface area contributed by atoms with Crippen molar-refractivity contribution < 1.29 is 17.9 Å². The summed E-state index contributed by atoms with van der Waals surface area (Å²) in [5, 5.41) is 4.04. The second-order valence-electron chi connectivity index (χ2n) is 4.72. The normalized spacial score (nSPS) is 15.0. The van der Waals surface area contributed by atoms with Crippen LogP contribution >= 0.6 is 0 Å². The molecule has 8 heteroatoms. The third kappa shape index (κ3) is 2.58. The standard InChI is InChI=1S/C13H12F3N3O2/c14-13(15,16)10-4-2-1-3-9(10)7-19-12(20)18-5-6-21-8-11(18)17-19/h1-4H,5-8H2. The maximum absolute atomic E-state index is 12.9. The van der Waals surface area contributed by atoms with Crippen molar-refractivity contribution in [3.05, 3.63) is 51.7 Å². The molecular formula is C13H12F3N3O2. The van der Waals surface area contributed by atoms with Crippen LogP contribution in [0.2, 0.25) is 0 Å². The van der Waals surface area contributed by atoms with Gasteiger partial charge in [0, 0.05) is 0 Å². The summed E-state index contributed by atoms with van der Waals surface area (Å²) < 4.78 is 46.5. The number of ether oxygens (including phenoxy) is 1. The van der Waals surface area contributed by atoms with Crippen LogP contribution in [0.1, 0.15) is 17.0 Å². The SMILES string of the molecule is O=c1n(Cc2ccccc2C(F)(F)F)nc2n1CCOC2. The molecule has 112 valence electrons. The van der Waals surface area contributed by atoms with Crippen molar-refractivity contribution in [2.75, 3.05) is 6.61 Å². The van der Waals surface area contributed by atoms with Gasteiger partial charge in [-0.15, -0.1) is 0 Å². The number of nitrogens with zero attached hydrogens (tertiary/aromatic N) is 3. The highest BCUT2D eigenvalue weighted by Gasteiger charge is 2.33. The molecule has 0 fully saturated rings. The molecule has 1 aliphatic rings. The molecule has 1 aromatic carbocycles. The molecule has 5 nitrogen and oxygen atoms in total. The molecule has 0 amide bonds. The Balaban J connectivity index is 1.99. The summed E-state index contributed by atoms with van der Waals surface area (Å²) in [5.41, 5.74) is -1.15. The van der Waals surface area contributed by atoms with Crippen molar-refractivity contribution >= 4 is 0 Å². The fourth-order valence-corrected chi connectivity index (χ4v) is 2.34. The molecule has 2 heterocycles. The molecule has 2 aromatic rings. The largest absolute Gasteiger partial charge is 0.416 e. The van der Waals surface area contributed by atoms with Gasteiger partial charge in [0.15, 0.2) is 5.82 Å². The predicted octanol–water partition coefficient (Wildman–Crippen LogP) is 1.64. The Bertz CT molecular complexity index is 718. The summed E-state index contributed by atoms with van der Waals surface area (Å²) in [6.45, 7) is 0.754. The molecule has 0 unspecified atom stereocenters. The van der Waals surface area contributed by atoms with Gasteiger partial charge in [-0.2, -0.15) is 18.3 Å². The van der Waals surface area contributed by atoms with E-state index in [9.17, 15) is 18.0 Å². The second-order valence-corrected chi connectivity index (χ2v) is 4.72. The third-order valence-corrected chi connectivity index (χ3v) is 3.33. The van der Waals surface area contributed by atoms with Crippen LogP contribution in [0.3, 0.4) is 0 Å². The van der Waals surface area contributed by atoms with E-state index in [0.29, 0.717) is 19.0 Å². The number of aromatic nitrogens is 3. The lowest BCUT2D eigenvalue weighted by molar-refractivity contribution is -0.138. The molecule has 0 spiro atoms. The van der Waals surface area contributed by atoms with E-state index in [1.54, 1.807) is 0 Å². The molecule has 1 aromatic heterocycles. The number of rotatable bonds is 2. The van der Waals surface area contributed by atoms with Crippen LogP contribution in [0, 0.1) is 0 Å². The zero-order chi connectivity index (χ0) is 15.0. The van der Waals surface area contributed by atoms with Crippen molar-refractivity contribution in [1.29, 1.82) is 0 Å². The van der Waals surface area contributed by atoms with Crippen LogP contribution in [0.25, 0.3) is 0 Å². The molecule has 21 heavy (non-hydrogen) atoms. The summed E-state index contributed by atoms with van der Waals surface area (Å²) in [6, 6.07) is 5.18. The average molecular weight is 299 g/mol. The first-order chi connectivity index (χ1) is 9.97. The van der Waals surface area contributed by atoms with Gasteiger partial charge in [0.1, 0.15) is 6.61 Å². The molecule has 0 bridgehead atoms. The minimum Gasteiger partial charge on any atom is -0.372 e. The number of hydrogen-bond acceptors (Lipinski definition) is 3. The monoisotopic (exact) mass is 299 g/mol. The Morgan fingerprint density at radius 1 is 1.29 bits per heavy atom. The Morgan fingerprint density at radius 3 is 2.76 bits per heavy atom. The van der Waals surface area contributed by atoms with Crippen LogP contribution in [-0.4, -0.2) is 21.0 Å². The molecule has 0 saturated carbocycles. The highest BCUT2D eigenvalue weighted by atomic mass is 19.4. The summed E-state index contributed by atoms with van der Waals surface area (Å²) in [4.78, 5) is 12.1. The Hall–Kier alpha value is -2.09. The Labute approximate surface area is 117 Å². The highest BCUT2D eigenvalue weighted by Crippen LogP contribution is 2.31. The van der Waals surface area contributed by atoms with Gasteiger partial charge < -0.3 is 4.74 Å². The van der Waals surface area contributed by atoms with Crippen LogP contribution < -0.4 is 5.69 Å². The van der Waals surface area contributed by atoms with E-state index in [4.69, 9.17) is 4.74 Å². The third-order valence-electron chi connectivity index (χ3n) is 3.33. The van der Waals surface area contributed by atoms with Crippen molar-refractivity contribution in [3.63, 3.8) is 0 Å². The maximum Gasteiger partial charge on any atom is 0.416 e. The second kappa shape index (κ2) is 5.03. The topological polar surface area (TPSA) is 49.0 Å². The highest BCUT2D eigenvalue weighted by molar-refractivity contribution is 5.29. The lowest BCUT2D eigenvalue weighted by Crippen LogP contribution is -2.29. The number of fused-ring (bicyclic) bond motifs is 1. The van der Waals surface area contributed by atoms with Crippen LogP contribution in [-0.2, 0) is 30.6 Å². The van der Waals surface area contributed by atoms with Crippen LogP contribution in [0.4, 0.5) is 13.2 Å². The van der Waals surface area contributed by atoms with E-state index in [1.165, 1.54) is 22.8 Å². The first-order valence-electron chi connectivity index (χ1n) is 6.36. The van der Waals surface area contributed by atoms with E-state index in [0.717, 1.165) is 10.7 Å². The van der Waals surface area contributed by atoms with Gasteiger partial charge in [0.2, 0.25) is 0 Å². The zero-order valence-corrected chi connectivity index (χ0v) is 10.9. The van der Waals surface area contributed by atoms with Gasteiger partial charge in [0.05, 0.1) is 25.3 Å². The minimum absolute atomic E-state index is 0.0171. The van der Waals surface area contributed by atoms with Crippen LogP contribution in [0.15, 0.2) is 29.1 Å². The van der Waals surface area contributed by atoms with Crippen LogP contribution in [0.5, 0.6) is 0 Å². The van der Waals surface area contributed by atoms with E-state index in [2.05, 4.69) is 5.10 Å². The van der Waals surface area contributed by atoms with E-state index < -0.39 is 17.4 Å². The van der Waals surface area contributed by atoms with Gasteiger partial charge in [-0.1, -0.05) is 18.2 Å². The summed E-state index contributed by atoms with van der Waals surface area (Å²) in [6.07, 6.45) is -4.46. The quantitative estimate of drug-likeness (QED) is 0.847.